The molecule has 1 atom stereocenters. The fraction of sp³-hybridized carbons (Fsp3) is 0.846. The fourth-order valence-electron chi connectivity index (χ4n) is 1.63. The molecule has 17 heavy (non-hydrogen) atoms. The third kappa shape index (κ3) is 8.72. The van der Waals surface area contributed by atoms with Crippen LogP contribution in [0.15, 0.2) is 0 Å². The summed E-state index contributed by atoms with van der Waals surface area (Å²) < 4.78 is 9.97. The van der Waals surface area contributed by atoms with Crippen LogP contribution in [0.3, 0.4) is 0 Å². The van der Waals surface area contributed by atoms with E-state index >= 15 is 0 Å². The maximum Gasteiger partial charge on any atom is 0.317 e. The van der Waals surface area contributed by atoms with E-state index in [1.165, 1.54) is 0 Å². The zero-order valence-corrected chi connectivity index (χ0v) is 11.3. The summed E-state index contributed by atoms with van der Waals surface area (Å²) >= 11 is 0. The van der Waals surface area contributed by atoms with Crippen LogP contribution in [-0.2, 0) is 19.1 Å². The van der Waals surface area contributed by atoms with Gasteiger partial charge in [-0.1, -0.05) is 27.2 Å². The molecule has 0 fully saturated rings. The van der Waals surface area contributed by atoms with Gasteiger partial charge in [-0.15, -0.1) is 0 Å². The average molecular weight is 244 g/mol. The van der Waals surface area contributed by atoms with E-state index in [0.717, 1.165) is 19.3 Å². The summed E-state index contributed by atoms with van der Waals surface area (Å²) in [5.74, 6) is -0.526. The highest BCUT2D eigenvalue weighted by Crippen LogP contribution is 2.14. The molecule has 0 N–H and O–H groups in total. The van der Waals surface area contributed by atoms with Crippen molar-refractivity contribution < 1.29 is 19.1 Å². The molecule has 100 valence electrons. The second-order valence-electron chi connectivity index (χ2n) is 4.51. The normalized spacial score (nSPS) is 12.3. The first-order valence-corrected chi connectivity index (χ1v) is 6.34. The average Bonchev–Trinajstić information content (AvgIpc) is 2.16. The van der Waals surface area contributed by atoms with Gasteiger partial charge in [0.05, 0.1) is 6.61 Å². The second kappa shape index (κ2) is 9.02. The molecule has 0 saturated heterocycles. The van der Waals surface area contributed by atoms with Crippen LogP contribution in [-0.4, -0.2) is 24.6 Å². The smallest absolute Gasteiger partial charge is 0.317 e. The molecule has 0 aliphatic carbocycles. The first-order chi connectivity index (χ1) is 7.99. The Morgan fingerprint density at radius 3 is 2.24 bits per heavy atom. The Bertz CT molecular complexity index is 236. The van der Waals surface area contributed by atoms with E-state index in [1.54, 1.807) is 6.92 Å². The number of carbonyl (C=O) groups excluding carboxylic acids is 2. The third-order valence-corrected chi connectivity index (χ3v) is 2.24. The highest BCUT2D eigenvalue weighted by Gasteiger charge is 2.18. The Balaban J connectivity index is 4.06. The molecule has 0 aliphatic heterocycles. The Hall–Kier alpha value is -1.06. The molecular formula is C13H24O4. The minimum atomic E-state index is -0.516. The standard InChI is InChI=1S/C13H24O4/c1-5-7-11(8-10(3)4)17-13(15)9-12(14)16-6-2/h10-11H,5-9H2,1-4H3. The molecule has 0 aromatic rings. The Labute approximate surface area is 104 Å². The summed E-state index contributed by atoms with van der Waals surface area (Å²) in [4.78, 5) is 22.6. The lowest BCUT2D eigenvalue weighted by molar-refractivity contribution is -0.158. The van der Waals surface area contributed by atoms with Crippen molar-refractivity contribution >= 4 is 11.9 Å². The zero-order valence-electron chi connectivity index (χ0n) is 11.3. The van der Waals surface area contributed by atoms with Crippen molar-refractivity contribution in [3.8, 4) is 0 Å². The molecule has 4 nitrogen and oxygen atoms in total. The van der Waals surface area contributed by atoms with E-state index in [4.69, 9.17) is 9.47 Å². The van der Waals surface area contributed by atoms with Gasteiger partial charge in [-0.05, 0) is 25.7 Å². The predicted octanol–water partition coefficient (Wildman–Crippen LogP) is 2.70. The van der Waals surface area contributed by atoms with Gasteiger partial charge >= 0.3 is 11.9 Å². The highest BCUT2D eigenvalue weighted by molar-refractivity contribution is 5.91. The van der Waals surface area contributed by atoms with Gasteiger partial charge in [0.1, 0.15) is 12.5 Å². The Morgan fingerprint density at radius 1 is 1.12 bits per heavy atom. The molecule has 0 rings (SSSR count). The molecule has 0 heterocycles. The summed E-state index contributed by atoms with van der Waals surface area (Å²) in [6.07, 6.45) is 2.27. The molecule has 4 heteroatoms. The third-order valence-electron chi connectivity index (χ3n) is 2.24. The van der Waals surface area contributed by atoms with Crippen molar-refractivity contribution in [3.05, 3.63) is 0 Å². The maximum absolute atomic E-state index is 11.5. The fourth-order valence-corrected chi connectivity index (χ4v) is 1.63. The minimum absolute atomic E-state index is 0.0815. The number of rotatable bonds is 8. The van der Waals surface area contributed by atoms with E-state index in [1.807, 2.05) is 6.92 Å². The van der Waals surface area contributed by atoms with Gasteiger partial charge in [0.15, 0.2) is 0 Å². The van der Waals surface area contributed by atoms with Crippen LogP contribution in [0, 0.1) is 5.92 Å². The molecule has 0 saturated carbocycles. The lowest BCUT2D eigenvalue weighted by Crippen LogP contribution is -2.22. The SMILES string of the molecule is CCCC(CC(C)C)OC(=O)CC(=O)OCC. The summed E-state index contributed by atoms with van der Waals surface area (Å²) in [5.41, 5.74) is 0. The minimum Gasteiger partial charge on any atom is -0.466 e. The molecule has 0 radical (unpaired) electrons. The summed E-state index contributed by atoms with van der Waals surface area (Å²) in [6.45, 7) is 8.22. The van der Waals surface area contributed by atoms with E-state index in [0.29, 0.717) is 5.92 Å². The van der Waals surface area contributed by atoms with Crippen molar-refractivity contribution in [1.29, 1.82) is 0 Å². The molecule has 0 aliphatic rings. The number of carbonyl (C=O) groups is 2. The number of esters is 2. The molecule has 0 aromatic heterocycles. The molecule has 0 aromatic carbocycles. The second-order valence-corrected chi connectivity index (χ2v) is 4.51. The molecule has 1 unspecified atom stereocenters. The topological polar surface area (TPSA) is 52.6 Å². The van der Waals surface area contributed by atoms with Crippen LogP contribution in [0.2, 0.25) is 0 Å². The highest BCUT2D eigenvalue weighted by atomic mass is 16.6. The summed E-state index contributed by atoms with van der Waals surface area (Å²) in [5, 5.41) is 0. The van der Waals surface area contributed by atoms with Crippen molar-refractivity contribution in [2.45, 2.75) is 59.5 Å². The maximum atomic E-state index is 11.5. The van der Waals surface area contributed by atoms with Gasteiger partial charge in [0.2, 0.25) is 0 Å². The van der Waals surface area contributed by atoms with Gasteiger partial charge in [-0.2, -0.15) is 0 Å². The largest absolute Gasteiger partial charge is 0.466 e. The Kier molecular flexibility index (Phi) is 8.46. The molecule has 0 bridgehead atoms. The van der Waals surface area contributed by atoms with Gasteiger partial charge in [-0.3, -0.25) is 9.59 Å². The summed E-state index contributed by atoms with van der Waals surface area (Å²) in [7, 11) is 0. The number of hydrogen-bond acceptors (Lipinski definition) is 4. The first-order valence-electron chi connectivity index (χ1n) is 6.34. The predicted molar refractivity (Wildman–Crippen MR) is 65.5 cm³/mol. The van der Waals surface area contributed by atoms with Crippen LogP contribution >= 0.6 is 0 Å². The molecular weight excluding hydrogens is 220 g/mol. The summed E-state index contributed by atoms with van der Waals surface area (Å²) in [6, 6.07) is 0. The van der Waals surface area contributed by atoms with E-state index in [2.05, 4.69) is 13.8 Å². The van der Waals surface area contributed by atoms with Crippen molar-refractivity contribution in [3.63, 3.8) is 0 Å². The molecule has 0 amide bonds. The lowest BCUT2D eigenvalue weighted by Gasteiger charge is -2.18. The van der Waals surface area contributed by atoms with Crippen LogP contribution in [0.1, 0.15) is 53.4 Å². The first kappa shape index (κ1) is 15.9. The lowest BCUT2D eigenvalue weighted by atomic mass is 10.0. The van der Waals surface area contributed by atoms with Crippen molar-refractivity contribution in [2.24, 2.45) is 5.92 Å². The number of hydrogen-bond donors (Lipinski definition) is 0. The van der Waals surface area contributed by atoms with Gasteiger partial charge in [-0.25, -0.2) is 0 Å². The van der Waals surface area contributed by atoms with Crippen molar-refractivity contribution in [1.82, 2.24) is 0 Å². The van der Waals surface area contributed by atoms with Crippen molar-refractivity contribution in [2.75, 3.05) is 6.61 Å². The Morgan fingerprint density at radius 2 is 1.76 bits per heavy atom. The van der Waals surface area contributed by atoms with E-state index in [9.17, 15) is 9.59 Å². The van der Waals surface area contributed by atoms with Crippen LogP contribution in [0.5, 0.6) is 0 Å². The zero-order chi connectivity index (χ0) is 13.3. The van der Waals surface area contributed by atoms with Gasteiger partial charge in [0.25, 0.3) is 0 Å². The van der Waals surface area contributed by atoms with Crippen LogP contribution in [0.25, 0.3) is 0 Å². The van der Waals surface area contributed by atoms with E-state index < -0.39 is 11.9 Å². The van der Waals surface area contributed by atoms with E-state index in [-0.39, 0.29) is 19.1 Å². The molecule has 0 spiro atoms. The van der Waals surface area contributed by atoms with Crippen LogP contribution in [0.4, 0.5) is 0 Å². The number of ether oxygens (including phenoxy) is 2. The van der Waals surface area contributed by atoms with Gasteiger partial charge in [0, 0.05) is 0 Å². The quantitative estimate of drug-likeness (QED) is 0.486. The van der Waals surface area contributed by atoms with Crippen LogP contribution < -0.4 is 0 Å². The van der Waals surface area contributed by atoms with Gasteiger partial charge < -0.3 is 9.47 Å². The monoisotopic (exact) mass is 244 g/mol.